The molecular weight excluding hydrogens is 312 g/mol. The van der Waals surface area contributed by atoms with Crippen molar-refractivity contribution in [2.75, 3.05) is 36.5 Å². The minimum absolute atomic E-state index is 0.803. The Morgan fingerprint density at radius 2 is 1.80 bits per heavy atom. The molecule has 0 bridgehead atoms. The van der Waals surface area contributed by atoms with Crippen molar-refractivity contribution in [2.45, 2.75) is 6.54 Å². The molecule has 1 fully saturated rings. The van der Waals surface area contributed by atoms with Crippen LogP contribution in [0.25, 0.3) is 5.69 Å². The van der Waals surface area contributed by atoms with Crippen molar-refractivity contribution in [3.8, 4) is 5.69 Å². The summed E-state index contributed by atoms with van der Waals surface area (Å²) in [5.41, 5.74) is 4.83. The van der Waals surface area contributed by atoms with Gasteiger partial charge in [0.2, 0.25) is 0 Å². The molecule has 1 aliphatic heterocycles. The highest BCUT2D eigenvalue weighted by molar-refractivity contribution is 5.56. The van der Waals surface area contributed by atoms with Gasteiger partial charge in [-0.15, -0.1) is 0 Å². The predicted molar refractivity (Wildman–Crippen MR) is 100 cm³/mol. The Bertz CT molecular complexity index is 793. The summed E-state index contributed by atoms with van der Waals surface area (Å²) in [6.45, 7) is 4.32. The molecule has 0 aliphatic carbocycles. The summed E-state index contributed by atoms with van der Waals surface area (Å²) in [6, 6.07) is 17.0. The fraction of sp³-hybridized carbons (Fsp3) is 0.250. The lowest BCUT2D eigenvalue weighted by atomic mass is 10.1. The third-order valence-electron chi connectivity index (χ3n) is 4.50. The number of ether oxygens (including phenoxy) is 1. The van der Waals surface area contributed by atoms with Crippen LogP contribution in [-0.4, -0.2) is 35.9 Å². The summed E-state index contributed by atoms with van der Waals surface area (Å²) in [5.74, 6) is 0. The van der Waals surface area contributed by atoms with Gasteiger partial charge in [0.15, 0.2) is 0 Å². The van der Waals surface area contributed by atoms with Gasteiger partial charge in [0.05, 0.1) is 19.5 Å². The number of rotatable bonds is 5. The molecule has 0 saturated carbocycles. The van der Waals surface area contributed by atoms with E-state index < -0.39 is 0 Å². The van der Waals surface area contributed by atoms with E-state index in [2.05, 4.69) is 63.7 Å². The molecule has 2 heterocycles. The van der Waals surface area contributed by atoms with Gasteiger partial charge in [-0.1, -0.05) is 18.2 Å². The van der Waals surface area contributed by atoms with E-state index in [-0.39, 0.29) is 0 Å². The molecule has 0 atom stereocenters. The molecule has 3 aromatic rings. The number of aromatic nitrogens is 2. The number of hydrogen-bond donors (Lipinski definition) is 1. The minimum atomic E-state index is 0.803. The predicted octanol–water partition coefficient (Wildman–Crippen LogP) is 3.32. The summed E-state index contributed by atoms with van der Waals surface area (Å²) < 4.78 is 7.47. The Morgan fingerprint density at radius 1 is 1.00 bits per heavy atom. The summed E-state index contributed by atoms with van der Waals surface area (Å²) in [7, 11) is 0. The van der Waals surface area contributed by atoms with Crippen LogP contribution in [0.3, 0.4) is 0 Å². The number of nitrogens with one attached hydrogen (secondary N) is 1. The van der Waals surface area contributed by atoms with E-state index in [1.165, 1.54) is 11.3 Å². The number of nitrogens with zero attached hydrogens (tertiary/aromatic N) is 3. The first-order chi connectivity index (χ1) is 12.4. The average molecular weight is 334 g/mol. The second kappa shape index (κ2) is 7.40. The van der Waals surface area contributed by atoms with Crippen molar-refractivity contribution in [1.29, 1.82) is 0 Å². The number of benzene rings is 2. The summed E-state index contributed by atoms with van der Waals surface area (Å²) >= 11 is 0. The average Bonchev–Trinajstić information content (AvgIpc) is 3.22. The fourth-order valence-electron chi connectivity index (χ4n) is 3.13. The SMILES string of the molecule is c1ccc(N2CCOCC2)c(CNc2ccc(-n3ccnc3)cc2)c1. The zero-order chi connectivity index (χ0) is 16.9. The molecule has 0 radical (unpaired) electrons. The van der Waals surface area contributed by atoms with E-state index in [0.29, 0.717) is 0 Å². The van der Waals surface area contributed by atoms with Gasteiger partial charge in [0, 0.05) is 49.1 Å². The first-order valence-electron chi connectivity index (χ1n) is 8.63. The zero-order valence-electron chi connectivity index (χ0n) is 14.1. The number of morpholine rings is 1. The second-order valence-electron chi connectivity index (χ2n) is 6.10. The highest BCUT2D eigenvalue weighted by atomic mass is 16.5. The summed E-state index contributed by atoms with van der Waals surface area (Å²) in [6.07, 6.45) is 5.54. The van der Waals surface area contributed by atoms with Crippen LogP contribution in [0.1, 0.15) is 5.56 Å². The number of para-hydroxylation sites is 1. The van der Waals surface area contributed by atoms with E-state index >= 15 is 0 Å². The van der Waals surface area contributed by atoms with Gasteiger partial charge < -0.3 is 19.5 Å². The molecule has 1 N–H and O–H groups in total. The molecule has 5 nitrogen and oxygen atoms in total. The largest absolute Gasteiger partial charge is 0.381 e. The number of hydrogen-bond acceptors (Lipinski definition) is 4. The molecular formula is C20H22N4O. The van der Waals surface area contributed by atoms with Crippen molar-refractivity contribution >= 4 is 11.4 Å². The Morgan fingerprint density at radius 3 is 2.56 bits per heavy atom. The number of anilines is 2. The van der Waals surface area contributed by atoms with E-state index in [1.807, 2.05) is 10.8 Å². The zero-order valence-corrected chi connectivity index (χ0v) is 14.1. The van der Waals surface area contributed by atoms with Crippen LogP contribution in [0.4, 0.5) is 11.4 Å². The Balaban J connectivity index is 1.44. The van der Waals surface area contributed by atoms with E-state index in [9.17, 15) is 0 Å². The van der Waals surface area contributed by atoms with Crippen LogP contribution in [0.5, 0.6) is 0 Å². The highest BCUT2D eigenvalue weighted by Crippen LogP contribution is 2.23. The molecule has 5 heteroatoms. The van der Waals surface area contributed by atoms with Gasteiger partial charge in [0.1, 0.15) is 0 Å². The van der Waals surface area contributed by atoms with Crippen molar-refractivity contribution in [3.05, 3.63) is 72.8 Å². The first kappa shape index (κ1) is 15.7. The van der Waals surface area contributed by atoms with Crippen LogP contribution in [-0.2, 0) is 11.3 Å². The van der Waals surface area contributed by atoms with Crippen LogP contribution in [0.15, 0.2) is 67.3 Å². The Labute approximate surface area is 147 Å². The second-order valence-corrected chi connectivity index (χ2v) is 6.10. The molecule has 1 aliphatic rings. The molecule has 25 heavy (non-hydrogen) atoms. The van der Waals surface area contributed by atoms with Gasteiger partial charge in [-0.25, -0.2) is 4.98 Å². The lowest BCUT2D eigenvalue weighted by molar-refractivity contribution is 0.122. The maximum Gasteiger partial charge on any atom is 0.0991 e. The van der Waals surface area contributed by atoms with Gasteiger partial charge in [-0.3, -0.25) is 0 Å². The summed E-state index contributed by atoms with van der Waals surface area (Å²) in [4.78, 5) is 6.49. The van der Waals surface area contributed by atoms with Crippen LogP contribution in [0.2, 0.25) is 0 Å². The standard InChI is InChI=1S/C20H22N4O/c1-2-4-20(23-11-13-25-14-12-23)17(3-1)15-22-18-5-7-19(8-6-18)24-10-9-21-16-24/h1-10,16,22H,11-15H2. The molecule has 0 unspecified atom stereocenters. The van der Waals surface area contributed by atoms with Crippen molar-refractivity contribution in [2.24, 2.45) is 0 Å². The Kier molecular flexibility index (Phi) is 4.65. The minimum Gasteiger partial charge on any atom is -0.381 e. The van der Waals surface area contributed by atoms with E-state index in [4.69, 9.17) is 4.74 Å². The maximum atomic E-state index is 5.47. The maximum absolute atomic E-state index is 5.47. The summed E-state index contributed by atoms with van der Waals surface area (Å²) in [5, 5.41) is 3.53. The molecule has 1 aromatic heterocycles. The van der Waals surface area contributed by atoms with Crippen LogP contribution >= 0.6 is 0 Å². The van der Waals surface area contributed by atoms with Gasteiger partial charge in [0.25, 0.3) is 0 Å². The highest BCUT2D eigenvalue weighted by Gasteiger charge is 2.14. The van der Waals surface area contributed by atoms with E-state index in [0.717, 1.165) is 44.2 Å². The quantitative estimate of drug-likeness (QED) is 0.777. The molecule has 0 spiro atoms. The third kappa shape index (κ3) is 3.67. The molecule has 2 aromatic carbocycles. The fourth-order valence-corrected chi connectivity index (χ4v) is 3.13. The van der Waals surface area contributed by atoms with Gasteiger partial charge >= 0.3 is 0 Å². The molecule has 1 saturated heterocycles. The molecule has 0 amide bonds. The smallest absolute Gasteiger partial charge is 0.0991 e. The van der Waals surface area contributed by atoms with E-state index in [1.54, 1.807) is 12.5 Å². The van der Waals surface area contributed by atoms with Gasteiger partial charge in [-0.05, 0) is 35.9 Å². The van der Waals surface area contributed by atoms with Crippen molar-refractivity contribution in [1.82, 2.24) is 9.55 Å². The normalized spacial score (nSPS) is 14.5. The van der Waals surface area contributed by atoms with Crippen LogP contribution in [0, 0.1) is 0 Å². The Hall–Kier alpha value is -2.79. The monoisotopic (exact) mass is 334 g/mol. The first-order valence-corrected chi connectivity index (χ1v) is 8.63. The van der Waals surface area contributed by atoms with Crippen LogP contribution < -0.4 is 10.2 Å². The van der Waals surface area contributed by atoms with Crippen molar-refractivity contribution in [3.63, 3.8) is 0 Å². The lowest BCUT2D eigenvalue weighted by Crippen LogP contribution is -2.36. The molecule has 4 rings (SSSR count). The van der Waals surface area contributed by atoms with Gasteiger partial charge in [-0.2, -0.15) is 0 Å². The topological polar surface area (TPSA) is 42.3 Å². The molecule has 128 valence electrons. The third-order valence-corrected chi connectivity index (χ3v) is 4.50. The van der Waals surface area contributed by atoms with Crippen molar-refractivity contribution < 1.29 is 4.74 Å². The number of imidazole rings is 1. The lowest BCUT2D eigenvalue weighted by Gasteiger charge is -2.30.